The number of hydrogen-bond donors (Lipinski definition) is 0. The number of nitrogens with zero attached hydrogens (tertiary/aromatic N) is 5. The van der Waals surface area contributed by atoms with Gasteiger partial charge in [0.25, 0.3) is 0 Å². The number of aromatic nitrogens is 2. The van der Waals surface area contributed by atoms with Crippen LogP contribution < -0.4 is 14.5 Å². The minimum Gasteiger partial charge on any atom is -0.459 e. The third-order valence-electron chi connectivity index (χ3n) is 9.57. The molecule has 2 aliphatic heterocycles. The van der Waals surface area contributed by atoms with Crippen LogP contribution in [0.2, 0.25) is 0 Å². The number of fused-ring (bicyclic) bond motifs is 2. The van der Waals surface area contributed by atoms with Crippen LogP contribution in [0.3, 0.4) is 0 Å². The highest BCUT2D eigenvalue weighted by atomic mass is 16.5. The molecule has 0 fully saturated rings. The molecule has 2 aromatic heterocycles. The van der Waals surface area contributed by atoms with Crippen molar-refractivity contribution < 1.29 is 11.6 Å². The van der Waals surface area contributed by atoms with Gasteiger partial charge in [-0.1, -0.05) is 77.8 Å². The molecule has 5 aromatic rings. The molecular formula is C44H47N5O. The van der Waals surface area contributed by atoms with Crippen molar-refractivity contribution in [3.8, 4) is 22.6 Å². The second kappa shape index (κ2) is 12.9. The van der Waals surface area contributed by atoms with Crippen molar-refractivity contribution in [3.05, 3.63) is 124 Å². The van der Waals surface area contributed by atoms with Crippen LogP contribution in [0.4, 0.5) is 28.7 Å². The van der Waals surface area contributed by atoms with Gasteiger partial charge in [0.15, 0.2) is 5.69 Å². The van der Waals surface area contributed by atoms with Crippen LogP contribution >= 0.6 is 0 Å². The summed E-state index contributed by atoms with van der Waals surface area (Å²) in [5.41, 5.74) is 7.27. The van der Waals surface area contributed by atoms with E-state index >= 15 is 0 Å². The van der Waals surface area contributed by atoms with E-state index in [0.29, 0.717) is 29.3 Å². The zero-order valence-corrected chi connectivity index (χ0v) is 30.1. The number of aryl methyl sites for hydroxylation is 2. The van der Waals surface area contributed by atoms with Gasteiger partial charge in [-0.2, -0.15) is 0 Å². The number of benzene rings is 3. The third-order valence-corrected chi connectivity index (χ3v) is 9.57. The second-order valence-electron chi connectivity index (χ2n) is 15.4. The van der Waals surface area contributed by atoms with Gasteiger partial charge in [0.05, 0.1) is 13.4 Å². The van der Waals surface area contributed by atoms with E-state index in [0.717, 1.165) is 77.5 Å². The molecule has 6 nitrogen and oxygen atoms in total. The Labute approximate surface area is 304 Å². The van der Waals surface area contributed by atoms with E-state index in [1.54, 1.807) is 6.20 Å². The van der Waals surface area contributed by atoms with E-state index in [-0.39, 0.29) is 29.7 Å². The molecule has 2 aliphatic rings. The van der Waals surface area contributed by atoms with Crippen molar-refractivity contribution in [2.75, 3.05) is 22.9 Å². The lowest BCUT2D eigenvalue weighted by Gasteiger charge is -2.39. The molecule has 0 bridgehead atoms. The molecule has 0 unspecified atom stereocenters. The predicted molar refractivity (Wildman–Crippen MR) is 206 cm³/mol. The molecule has 3 aromatic carbocycles. The number of rotatable bonds is 5. The Morgan fingerprint density at radius 3 is 2.24 bits per heavy atom. The van der Waals surface area contributed by atoms with Gasteiger partial charge in [0, 0.05) is 60.1 Å². The number of hydrogen-bond acceptors (Lipinski definition) is 5. The highest BCUT2D eigenvalue weighted by Gasteiger charge is 2.35. The molecule has 50 heavy (non-hydrogen) atoms. The van der Waals surface area contributed by atoms with Crippen LogP contribution in [0.5, 0.6) is 11.5 Å². The Bertz CT molecular complexity index is 2360. The zero-order valence-electron chi connectivity index (χ0n) is 35.1. The van der Waals surface area contributed by atoms with E-state index in [2.05, 4.69) is 86.3 Å². The van der Waals surface area contributed by atoms with Gasteiger partial charge in [0.2, 0.25) is 0 Å². The van der Waals surface area contributed by atoms with Gasteiger partial charge < -0.3 is 14.5 Å². The van der Waals surface area contributed by atoms with Crippen molar-refractivity contribution in [2.24, 2.45) is 0 Å². The van der Waals surface area contributed by atoms with Crippen molar-refractivity contribution in [1.82, 2.24) is 9.97 Å². The van der Waals surface area contributed by atoms with Crippen LogP contribution in [-0.2, 0) is 23.7 Å². The molecule has 0 aliphatic carbocycles. The Balaban J connectivity index is 1.37. The summed E-state index contributed by atoms with van der Waals surface area (Å²) in [7, 11) is 0. The topological polar surface area (TPSA) is 45.9 Å². The minimum atomic E-state index is -0.502. The number of pyridine rings is 2. The summed E-state index contributed by atoms with van der Waals surface area (Å²) in [6.07, 6.45) is 7.07. The van der Waals surface area contributed by atoms with Gasteiger partial charge in [-0.05, 0) is 95.5 Å². The van der Waals surface area contributed by atoms with E-state index in [1.165, 1.54) is 5.56 Å². The average molecular weight is 667 g/mol. The molecule has 0 N–H and O–H groups in total. The van der Waals surface area contributed by atoms with Gasteiger partial charge in [0.1, 0.15) is 23.1 Å². The summed E-state index contributed by atoms with van der Waals surface area (Å²) in [5.74, 6) is 2.85. The van der Waals surface area contributed by atoms with E-state index in [1.807, 2.05) is 30.5 Å². The lowest BCUT2D eigenvalue weighted by Crippen LogP contribution is -2.32. The maximum absolute atomic E-state index is 8.86. The smallest absolute Gasteiger partial charge is 0.196 e. The van der Waals surface area contributed by atoms with Crippen LogP contribution in [0.25, 0.3) is 16.0 Å². The fourth-order valence-electron chi connectivity index (χ4n) is 7.46. The van der Waals surface area contributed by atoms with Crippen LogP contribution in [-0.4, -0.2) is 23.1 Å². The standard InChI is InChI=1S/C44H47N5O/c1-29-20-21-46-39(24-29)48-22-12-16-31-18-19-32(26-37(31)48)50-33-25-36(45-8)34-17-13-23-49(38(34)27-33)42-41(44(5,6)7)40(43(2,3)4)35(28-47-42)30-14-10-9-11-15-30/h9-11,14-15,18-21,24-28H,12-13,16-17,22-23H2,1-7H3/i9D,10D,11D,14D,15D. The minimum absolute atomic E-state index is 0.146. The van der Waals surface area contributed by atoms with E-state index in [4.69, 9.17) is 23.1 Å². The first-order valence-electron chi connectivity index (χ1n) is 19.9. The average Bonchev–Trinajstić information content (AvgIpc) is 3.14. The van der Waals surface area contributed by atoms with Crippen LogP contribution in [0.15, 0.2) is 85.1 Å². The zero-order chi connectivity index (χ0) is 39.6. The summed E-state index contributed by atoms with van der Waals surface area (Å²) in [4.78, 5) is 18.2. The Hall–Kier alpha value is -5.15. The molecule has 0 amide bonds. The fraction of sp³-hybridized carbons (Fsp3) is 0.341. The molecule has 7 rings (SSSR count). The highest BCUT2D eigenvalue weighted by Crippen LogP contribution is 2.49. The molecule has 0 saturated carbocycles. The number of anilines is 4. The summed E-state index contributed by atoms with van der Waals surface area (Å²) in [6.45, 7) is 24.4. The van der Waals surface area contributed by atoms with Gasteiger partial charge in [-0.25, -0.2) is 14.8 Å². The maximum atomic E-state index is 8.86. The predicted octanol–water partition coefficient (Wildman–Crippen LogP) is 11.6. The quantitative estimate of drug-likeness (QED) is 0.175. The lowest BCUT2D eigenvalue weighted by atomic mass is 9.72. The summed E-state index contributed by atoms with van der Waals surface area (Å²) < 4.78 is 49.4. The monoisotopic (exact) mass is 666 g/mol. The third kappa shape index (κ3) is 6.33. The van der Waals surface area contributed by atoms with Crippen molar-refractivity contribution in [1.29, 1.82) is 0 Å². The Morgan fingerprint density at radius 2 is 1.52 bits per heavy atom. The Kier molecular flexibility index (Phi) is 7.16. The van der Waals surface area contributed by atoms with Crippen molar-refractivity contribution in [2.45, 2.75) is 85.0 Å². The van der Waals surface area contributed by atoms with Gasteiger partial charge in [-0.3, -0.25) is 0 Å². The first kappa shape index (κ1) is 27.6. The molecular weight excluding hydrogens is 615 g/mol. The summed E-state index contributed by atoms with van der Waals surface area (Å²) in [5, 5.41) is 0. The highest BCUT2D eigenvalue weighted by molar-refractivity contribution is 5.81. The molecule has 0 atom stereocenters. The lowest BCUT2D eigenvalue weighted by molar-refractivity contribution is 0.482. The summed E-state index contributed by atoms with van der Waals surface area (Å²) >= 11 is 0. The fourth-order valence-corrected chi connectivity index (χ4v) is 7.46. The molecule has 6 heteroatoms. The molecule has 254 valence electrons. The van der Waals surface area contributed by atoms with Gasteiger partial charge in [-0.15, -0.1) is 0 Å². The number of ether oxygens (including phenoxy) is 1. The molecule has 4 heterocycles. The van der Waals surface area contributed by atoms with E-state index in [9.17, 15) is 0 Å². The van der Waals surface area contributed by atoms with Gasteiger partial charge >= 0.3 is 0 Å². The van der Waals surface area contributed by atoms with Crippen molar-refractivity contribution in [3.63, 3.8) is 0 Å². The van der Waals surface area contributed by atoms with E-state index < -0.39 is 16.9 Å². The largest absolute Gasteiger partial charge is 0.459 e. The Morgan fingerprint density at radius 1 is 0.800 bits per heavy atom. The first-order valence-corrected chi connectivity index (χ1v) is 17.4. The first-order chi connectivity index (χ1) is 26.0. The van der Waals surface area contributed by atoms with Crippen molar-refractivity contribution >= 4 is 28.7 Å². The molecule has 0 spiro atoms. The van der Waals surface area contributed by atoms with Crippen LogP contribution in [0.1, 0.15) is 89.1 Å². The second-order valence-corrected chi connectivity index (χ2v) is 15.4. The van der Waals surface area contributed by atoms with Crippen LogP contribution in [0, 0.1) is 13.5 Å². The normalized spacial score (nSPS) is 15.9. The SMILES string of the molecule is [2H]c1c([2H])c([2H])c(-c2cnc(N3CCCc4c([N+]#[C-])cc(Oc5ccc6c(c5)N(c5cc(C)ccn5)CCC6)cc43)c(C(C)(C)C)c2C(C)(C)C)c([2H])c1[2H]. The molecule has 0 saturated heterocycles. The summed E-state index contributed by atoms with van der Waals surface area (Å²) in [6, 6.07) is 12.4. The maximum Gasteiger partial charge on any atom is 0.196 e. The molecule has 0 radical (unpaired) electrons.